The molecule has 0 radical (unpaired) electrons. The maximum absolute atomic E-state index is 5.56. The standard InChI is InChI=1S/C100H63N9/c1-62-44-51-95(109-96-54-48-68(106-89-40-20-12-32-74(89)75-33-13-21-41-90(75)106)60-83(96)84-61-69(49-55-97(84)109)107-91-42-22-14-34-76(91)77-35-15-23-43-92(77)107)80(56-62)79-57-65(45-50-78(79)100-102-98(63-24-4-2-5-25-63)101-99(103-100)64-26-6-3-7-27-64)108-93-52-46-66(104-85-36-16-8-28-70(85)71-29-9-17-37-86(71)104)58-81(93)82-59-67(47-53-94(82)108)105-87-38-18-10-30-72(87)73-31-11-19-39-88(73)105/h2-61H,1H3. The van der Waals surface area contributed by atoms with Crippen LogP contribution in [0.2, 0.25) is 0 Å². The summed E-state index contributed by atoms with van der Waals surface area (Å²) in [6.45, 7) is 2.21. The topological polar surface area (TPSA) is 68.2 Å². The average Bonchev–Trinajstić information content (AvgIpc) is 1.57. The smallest absolute Gasteiger partial charge is 0.164 e. The molecule has 9 heteroatoms. The maximum Gasteiger partial charge on any atom is 0.164 e. The van der Waals surface area contributed by atoms with Gasteiger partial charge in [0.15, 0.2) is 17.5 Å². The maximum atomic E-state index is 5.56. The molecule has 0 saturated heterocycles. The molecule has 9 nitrogen and oxygen atoms in total. The largest absolute Gasteiger partial charge is 0.309 e. The van der Waals surface area contributed by atoms with Gasteiger partial charge in [-0.15, -0.1) is 0 Å². The molecule has 109 heavy (non-hydrogen) atoms. The number of fused-ring (bicyclic) bond motifs is 18. The van der Waals surface area contributed by atoms with Gasteiger partial charge in [-0.2, -0.15) is 0 Å². The van der Waals surface area contributed by atoms with Gasteiger partial charge in [-0.3, -0.25) is 0 Å². The number of hydrogen-bond donors (Lipinski definition) is 0. The lowest BCUT2D eigenvalue weighted by molar-refractivity contribution is 1.07. The molecule has 16 aromatic carbocycles. The van der Waals surface area contributed by atoms with Crippen molar-refractivity contribution in [3.63, 3.8) is 0 Å². The molecular weight excluding hydrogens is 1330 g/mol. The second-order valence-electron chi connectivity index (χ2n) is 28.7. The Hall–Kier alpha value is -14.7. The minimum absolute atomic E-state index is 0.560. The fraction of sp³-hybridized carbons (Fsp3) is 0.0100. The molecule has 0 unspecified atom stereocenters. The Morgan fingerprint density at radius 3 is 0.752 bits per heavy atom. The Balaban J connectivity index is 0.808. The van der Waals surface area contributed by atoms with Crippen molar-refractivity contribution in [3.8, 4) is 79.4 Å². The van der Waals surface area contributed by atoms with E-state index >= 15 is 0 Å². The first kappa shape index (κ1) is 60.7. The normalized spacial score (nSPS) is 12.1. The highest BCUT2D eigenvalue weighted by Crippen LogP contribution is 2.47. The SMILES string of the molecule is Cc1ccc(-n2c3ccc(-n4c5ccccc5c5ccccc54)cc3c3cc(-n4c5ccccc5c5ccccc54)ccc32)c(-c2cc(-n3c4ccc(-n5c6ccccc6c6ccccc65)cc4c4cc(-n5c6ccccc6c6ccccc65)ccc43)ccc2-c2nc(-c3ccccc3)nc(-c3ccccc3)n2)c1. The van der Waals surface area contributed by atoms with Gasteiger partial charge in [0.1, 0.15) is 0 Å². The molecule has 7 heterocycles. The van der Waals surface area contributed by atoms with E-state index in [0.29, 0.717) is 17.5 Å². The van der Waals surface area contributed by atoms with Crippen LogP contribution in [0.1, 0.15) is 5.56 Å². The van der Waals surface area contributed by atoms with Crippen molar-refractivity contribution in [2.75, 3.05) is 0 Å². The molecule has 0 spiro atoms. The fourth-order valence-corrected chi connectivity index (χ4v) is 18.0. The van der Waals surface area contributed by atoms with Crippen molar-refractivity contribution in [3.05, 3.63) is 370 Å². The summed E-state index contributed by atoms with van der Waals surface area (Å²) in [6.07, 6.45) is 0. The Labute approximate surface area is 625 Å². The van der Waals surface area contributed by atoms with E-state index < -0.39 is 0 Å². The quantitative estimate of drug-likeness (QED) is 0.137. The minimum Gasteiger partial charge on any atom is -0.309 e. The third kappa shape index (κ3) is 9.17. The molecule has 0 fully saturated rings. The zero-order chi connectivity index (χ0) is 71.5. The van der Waals surface area contributed by atoms with Gasteiger partial charge in [-0.05, 0) is 164 Å². The molecule has 7 aromatic heterocycles. The van der Waals surface area contributed by atoms with Crippen molar-refractivity contribution in [1.82, 2.24) is 42.4 Å². The summed E-state index contributed by atoms with van der Waals surface area (Å²) in [5, 5.41) is 14.3. The van der Waals surface area contributed by atoms with Crippen LogP contribution in [0, 0.1) is 6.92 Å². The third-order valence-electron chi connectivity index (χ3n) is 22.7. The lowest BCUT2D eigenvalue weighted by Crippen LogP contribution is -2.04. The van der Waals surface area contributed by atoms with Crippen LogP contribution in [0.15, 0.2) is 364 Å². The van der Waals surface area contributed by atoms with E-state index in [1.807, 2.05) is 36.4 Å². The van der Waals surface area contributed by atoms with E-state index in [1.165, 1.54) is 43.1 Å². The summed E-state index contributed by atoms with van der Waals surface area (Å²) in [7, 11) is 0. The number of aryl methyl sites for hydroxylation is 1. The summed E-state index contributed by atoms with van der Waals surface area (Å²) in [5.41, 5.74) is 25.6. The van der Waals surface area contributed by atoms with E-state index in [-0.39, 0.29) is 0 Å². The summed E-state index contributed by atoms with van der Waals surface area (Å²) < 4.78 is 14.7. The van der Waals surface area contributed by atoms with E-state index in [2.05, 4.69) is 362 Å². The van der Waals surface area contributed by atoms with E-state index in [4.69, 9.17) is 15.0 Å². The Bertz CT molecular complexity index is 7140. The summed E-state index contributed by atoms with van der Waals surface area (Å²) >= 11 is 0. The molecular formula is C100H63N9. The highest BCUT2D eigenvalue weighted by molar-refractivity contribution is 6.17. The number of para-hydroxylation sites is 8. The summed E-state index contributed by atoms with van der Waals surface area (Å²) in [6, 6.07) is 133. The van der Waals surface area contributed by atoms with E-state index in [0.717, 1.165) is 155 Å². The molecule has 0 amide bonds. The second kappa shape index (κ2) is 23.7. The molecule has 0 aliphatic rings. The molecule has 23 rings (SSSR count). The first-order valence-electron chi connectivity index (χ1n) is 37.2. The zero-order valence-corrected chi connectivity index (χ0v) is 59.2. The lowest BCUT2D eigenvalue weighted by atomic mass is 9.94. The Kier molecular flexibility index (Phi) is 13.2. The molecule has 508 valence electrons. The lowest BCUT2D eigenvalue weighted by Gasteiger charge is -2.20. The molecule has 23 aromatic rings. The molecule has 0 N–H and O–H groups in total. The predicted octanol–water partition coefficient (Wildman–Crippen LogP) is 25.4. The van der Waals surface area contributed by atoms with Gasteiger partial charge in [0.2, 0.25) is 0 Å². The highest BCUT2D eigenvalue weighted by Gasteiger charge is 2.27. The molecule has 0 atom stereocenters. The molecule has 0 aliphatic carbocycles. The summed E-state index contributed by atoms with van der Waals surface area (Å²) in [4.78, 5) is 16.4. The van der Waals surface area contributed by atoms with Crippen LogP contribution in [0.5, 0.6) is 0 Å². The zero-order valence-electron chi connectivity index (χ0n) is 59.2. The van der Waals surface area contributed by atoms with Crippen molar-refractivity contribution in [1.29, 1.82) is 0 Å². The first-order chi connectivity index (χ1) is 54.0. The van der Waals surface area contributed by atoms with Gasteiger partial charge >= 0.3 is 0 Å². The average molecular weight is 1390 g/mol. The van der Waals surface area contributed by atoms with Crippen LogP contribution in [0.25, 0.3) is 210 Å². The van der Waals surface area contributed by atoms with E-state index in [9.17, 15) is 0 Å². The summed E-state index contributed by atoms with van der Waals surface area (Å²) in [5.74, 6) is 1.74. The van der Waals surface area contributed by atoms with Crippen molar-refractivity contribution < 1.29 is 0 Å². The molecule has 0 aliphatic heterocycles. The van der Waals surface area contributed by atoms with Gasteiger partial charge in [-0.25, -0.2) is 15.0 Å². The van der Waals surface area contributed by atoms with Gasteiger partial charge in [-0.1, -0.05) is 218 Å². The number of nitrogens with zero attached hydrogens (tertiary/aromatic N) is 9. The van der Waals surface area contributed by atoms with Crippen LogP contribution in [0.4, 0.5) is 0 Å². The second-order valence-corrected chi connectivity index (χ2v) is 28.7. The van der Waals surface area contributed by atoms with Crippen LogP contribution >= 0.6 is 0 Å². The number of rotatable bonds is 10. The predicted molar refractivity (Wildman–Crippen MR) is 452 cm³/mol. The van der Waals surface area contributed by atoms with Gasteiger partial charge in [0, 0.05) is 115 Å². The van der Waals surface area contributed by atoms with Crippen molar-refractivity contribution in [2.45, 2.75) is 6.92 Å². The Morgan fingerprint density at radius 2 is 0.431 bits per heavy atom. The number of aromatic nitrogens is 9. The van der Waals surface area contributed by atoms with Gasteiger partial charge < -0.3 is 27.4 Å². The van der Waals surface area contributed by atoms with E-state index in [1.54, 1.807) is 0 Å². The van der Waals surface area contributed by atoms with Crippen LogP contribution in [0.3, 0.4) is 0 Å². The number of hydrogen-bond acceptors (Lipinski definition) is 3. The van der Waals surface area contributed by atoms with Crippen LogP contribution in [-0.4, -0.2) is 42.4 Å². The third-order valence-corrected chi connectivity index (χ3v) is 22.7. The van der Waals surface area contributed by atoms with Crippen molar-refractivity contribution >= 4 is 131 Å². The molecule has 0 bridgehead atoms. The van der Waals surface area contributed by atoms with Gasteiger partial charge in [0.25, 0.3) is 0 Å². The van der Waals surface area contributed by atoms with Crippen LogP contribution in [-0.2, 0) is 0 Å². The minimum atomic E-state index is 0.560. The highest BCUT2D eigenvalue weighted by atomic mass is 15.1. The first-order valence-corrected chi connectivity index (χ1v) is 37.2. The van der Waals surface area contributed by atoms with Gasteiger partial charge in [0.05, 0.1) is 71.9 Å². The monoisotopic (exact) mass is 1390 g/mol. The fourth-order valence-electron chi connectivity index (χ4n) is 18.0. The van der Waals surface area contributed by atoms with Crippen LogP contribution < -0.4 is 0 Å². The Morgan fingerprint density at radius 1 is 0.174 bits per heavy atom. The van der Waals surface area contributed by atoms with Crippen molar-refractivity contribution in [2.24, 2.45) is 0 Å². The number of benzene rings is 16. The molecule has 0 saturated carbocycles.